The Kier molecular flexibility index (Phi) is 30.9. The third kappa shape index (κ3) is 45.9. The minimum Gasteiger partial charge on any atom is -0.396 e. The lowest BCUT2D eigenvalue weighted by atomic mass is 10.3. The first-order chi connectivity index (χ1) is 8.60. The van der Waals surface area contributed by atoms with E-state index in [1.165, 1.54) is 0 Å². The summed E-state index contributed by atoms with van der Waals surface area (Å²) in [6.45, 7) is 8.03. The molecular weight excluding hydrogens is 228 g/mol. The van der Waals surface area contributed by atoms with Gasteiger partial charge in [0.2, 0.25) is 0 Å². The summed E-state index contributed by atoms with van der Waals surface area (Å²) in [4.78, 5) is 19.6. The van der Waals surface area contributed by atoms with Gasteiger partial charge in [-0.05, 0) is 32.3 Å². The monoisotopic (exact) mass is 258 g/mol. The van der Waals surface area contributed by atoms with Gasteiger partial charge in [0.15, 0.2) is 5.78 Å². The summed E-state index contributed by atoms with van der Waals surface area (Å²) < 4.78 is 0. The Balaban J connectivity index is -0.000000197. The summed E-state index contributed by atoms with van der Waals surface area (Å²) in [7, 11) is 0. The van der Waals surface area contributed by atoms with Crippen LogP contribution in [0.1, 0.15) is 66.2 Å². The summed E-state index contributed by atoms with van der Waals surface area (Å²) in [6.07, 6.45) is 10.3. The molecule has 0 heterocycles. The number of carbonyl (C=O) groups excluding carboxylic acids is 2. The van der Waals surface area contributed by atoms with Crippen molar-refractivity contribution in [2.45, 2.75) is 66.2 Å². The molecule has 0 rings (SSSR count). The zero-order valence-corrected chi connectivity index (χ0v) is 12.4. The highest BCUT2D eigenvalue weighted by molar-refractivity contribution is 5.87. The lowest BCUT2D eigenvalue weighted by Gasteiger charge is -1.79. The first-order valence-corrected chi connectivity index (χ1v) is 6.82. The first-order valence-electron chi connectivity index (χ1n) is 6.82. The summed E-state index contributed by atoms with van der Waals surface area (Å²) in [5, 5.41) is 8.07. The molecule has 18 heavy (non-hydrogen) atoms. The number of aliphatic hydroxyl groups excluding tert-OH is 1. The van der Waals surface area contributed by atoms with Crippen LogP contribution in [0.3, 0.4) is 0 Å². The molecule has 0 aliphatic carbocycles. The summed E-state index contributed by atoms with van der Waals surface area (Å²) in [5.74, 6) is 0.137. The van der Waals surface area contributed by atoms with Crippen LogP contribution >= 0.6 is 0 Å². The third-order valence-electron chi connectivity index (χ3n) is 1.73. The molecule has 1 N–H and O–H groups in total. The van der Waals surface area contributed by atoms with Crippen molar-refractivity contribution in [3.63, 3.8) is 0 Å². The molecule has 0 bridgehead atoms. The van der Waals surface area contributed by atoms with Crippen LogP contribution in [0.5, 0.6) is 0 Å². The van der Waals surface area contributed by atoms with Gasteiger partial charge >= 0.3 is 0 Å². The van der Waals surface area contributed by atoms with Crippen LogP contribution in [0.15, 0.2) is 12.2 Å². The number of hydrogen-bond acceptors (Lipinski definition) is 3. The Hall–Kier alpha value is -0.960. The molecule has 108 valence electrons. The molecule has 0 amide bonds. The van der Waals surface area contributed by atoms with Crippen LogP contribution in [0.25, 0.3) is 0 Å². The molecule has 0 spiro atoms. The fourth-order valence-corrected chi connectivity index (χ4v) is 0.692. The van der Waals surface area contributed by atoms with Gasteiger partial charge in [0.05, 0.1) is 0 Å². The van der Waals surface area contributed by atoms with Gasteiger partial charge in [-0.3, -0.25) is 4.79 Å². The van der Waals surface area contributed by atoms with Gasteiger partial charge in [-0.25, -0.2) is 0 Å². The van der Waals surface area contributed by atoms with Crippen molar-refractivity contribution in [3.8, 4) is 0 Å². The summed E-state index contributed by atoms with van der Waals surface area (Å²) in [5.41, 5.74) is 0. The minimum absolute atomic E-state index is 0.137. The molecule has 0 saturated carbocycles. The van der Waals surface area contributed by atoms with Gasteiger partial charge in [0, 0.05) is 13.0 Å². The molecule has 0 unspecified atom stereocenters. The van der Waals surface area contributed by atoms with E-state index < -0.39 is 0 Å². The number of rotatable bonds is 7. The molecule has 0 aromatic rings. The van der Waals surface area contributed by atoms with Crippen molar-refractivity contribution in [1.82, 2.24) is 0 Å². The van der Waals surface area contributed by atoms with Crippen molar-refractivity contribution in [1.29, 1.82) is 0 Å². The lowest BCUT2D eigenvalue weighted by molar-refractivity contribution is -0.112. The summed E-state index contributed by atoms with van der Waals surface area (Å²) >= 11 is 0. The van der Waals surface area contributed by atoms with Gasteiger partial charge in [0.1, 0.15) is 6.29 Å². The van der Waals surface area contributed by atoms with E-state index in [9.17, 15) is 9.59 Å². The van der Waals surface area contributed by atoms with Crippen molar-refractivity contribution in [3.05, 3.63) is 12.2 Å². The molecule has 0 aromatic heterocycles. The Morgan fingerprint density at radius 2 is 1.61 bits per heavy atom. The molecule has 3 heteroatoms. The number of carbonyl (C=O) groups is 2. The predicted octanol–water partition coefficient (Wildman–Crippen LogP) is 3.70. The largest absolute Gasteiger partial charge is 0.396 e. The third-order valence-corrected chi connectivity index (χ3v) is 1.73. The number of aliphatic hydroxyl groups is 1. The smallest absolute Gasteiger partial charge is 0.152 e. The normalized spacial score (nSPS) is 8.94. The van der Waals surface area contributed by atoms with Crippen molar-refractivity contribution < 1.29 is 14.7 Å². The number of allylic oxidation sites excluding steroid dienone is 2. The van der Waals surface area contributed by atoms with Crippen molar-refractivity contribution in [2.75, 3.05) is 6.61 Å². The molecule has 3 nitrogen and oxygen atoms in total. The van der Waals surface area contributed by atoms with E-state index in [4.69, 9.17) is 5.11 Å². The highest BCUT2D eigenvalue weighted by Gasteiger charge is 1.78. The fourth-order valence-electron chi connectivity index (χ4n) is 0.692. The van der Waals surface area contributed by atoms with Crippen LogP contribution in [0.2, 0.25) is 0 Å². The van der Waals surface area contributed by atoms with Gasteiger partial charge in [0.25, 0.3) is 0 Å². The molecule has 0 aromatic carbocycles. The van der Waals surface area contributed by atoms with Crippen LogP contribution in [-0.4, -0.2) is 23.8 Å². The van der Waals surface area contributed by atoms with E-state index in [0.717, 1.165) is 38.4 Å². The molecule has 0 atom stereocenters. The van der Waals surface area contributed by atoms with E-state index in [-0.39, 0.29) is 5.78 Å². The maximum atomic E-state index is 10.2. The average Bonchev–Trinajstić information content (AvgIpc) is 2.33. The maximum absolute atomic E-state index is 10.2. The highest BCUT2D eigenvalue weighted by Crippen LogP contribution is 1.87. The molecular formula is C15H30O3. The van der Waals surface area contributed by atoms with Gasteiger partial charge in [-0.1, -0.05) is 39.7 Å². The zero-order valence-electron chi connectivity index (χ0n) is 12.4. The van der Waals surface area contributed by atoms with E-state index >= 15 is 0 Å². The minimum atomic E-state index is 0.137. The lowest BCUT2D eigenvalue weighted by Crippen LogP contribution is -1.78. The molecule has 0 radical (unpaired) electrons. The Morgan fingerprint density at radius 3 is 1.78 bits per heavy atom. The fraction of sp³-hybridized carbons (Fsp3) is 0.733. The Bertz CT molecular complexity index is 184. The van der Waals surface area contributed by atoms with Crippen LogP contribution in [0.4, 0.5) is 0 Å². The average molecular weight is 258 g/mol. The molecule has 0 saturated heterocycles. The second kappa shape index (κ2) is 25.0. The van der Waals surface area contributed by atoms with Gasteiger partial charge in [-0.2, -0.15) is 0 Å². The van der Waals surface area contributed by atoms with E-state index in [2.05, 4.69) is 13.8 Å². The number of unbranched alkanes of at least 4 members (excludes halogenated alkanes) is 3. The van der Waals surface area contributed by atoms with Crippen LogP contribution < -0.4 is 0 Å². The van der Waals surface area contributed by atoms with Crippen LogP contribution in [0, 0.1) is 0 Å². The number of hydrogen-bond donors (Lipinski definition) is 1. The molecule has 0 aliphatic rings. The second-order valence-electron chi connectivity index (χ2n) is 3.83. The Labute approximate surface area is 112 Å². The number of aldehydes is 1. The molecule has 0 fully saturated rings. The SMILES string of the molecule is CCC/C=C/C(C)=O.CCCC=O.CCCCO. The quantitative estimate of drug-likeness (QED) is 0.559. The topological polar surface area (TPSA) is 54.4 Å². The standard InChI is InChI=1S/C7H12O.C4H10O.C4H8O/c1-3-4-5-6-7(2)8;2*1-2-3-4-5/h5-6H,3-4H2,1-2H3;5H,2-4H2,1H3;4H,2-3H2,1H3/b6-5+;;. The van der Waals surface area contributed by atoms with Crippen LogP contribution in [-0.2, 0) is 9.59 Å². The van der Waals surface area contributed by atoms with E-state index in [0.29, 0.717) is 13.0 Å². The van der Waals surface area contributed by atoms with Gasteiger partial charge < -0.3 is 9.90 Å². The first kappa shape index (κ1) is 22.2. The van der Waals surface area contributed by atoms with Crippen molar-refractivity contribution in [2.24, 2.45) is 0 Å². The number of ketones is 1. The molecule has 0 aliphatic heterocycles. The zero-order chi connectivity index (χ0) is 14.6. The van der Waals surface area contributed by atoms with Crippen molar-refractivity contribution >= 4 is 12.1 Å². The van der Waals surface area contributed by atoms with Gasteiger partial charge in [-0.15, -0.1) is 0 Å². The van der Waals surface area contributed by atoms with E-state index in [1.54, 1.807) is 13.0 Å². The maximum Gasteiger partial charge on any atom is 0.152 e. The predicted molar refractivity (Wildman–Crippen MR) is 77.7 cm³/mol. The second-order valence-corrected chi connectivity index (χ2v) is 3.83. The van der Waals surface area contributed by atoms with E-state index in [1.807, 2.05) is 13.0 Å². The Morgan fingerprint density at radius 1 is 1.06 bits per heavy atom. The highest BCUT2D eigenvalue weighted by atomic mass is 16.2. The summed E-state index contributed by atoms with van der Waals surface area (Å²) in [6, 6.07) is 0.